The molecule has 1 aromatic carbocycles. The van der Waals surface area contributed by atoms with Crippen LogP contribution in [0.5, 0.6) is 17.4 Å². The zero-order chi connectivity index (χ0) is 23.9. The van der Waals surface area contributed by atoms with Crippen LogP contribution in [0.1, 0.15) is 17.9 Å². The number of hydrogen-bond donors (Lipinski definition) is 0. The van der Waals surface area contributed by atoms with E-state index in [1.807, 2.05) is 22.8 Å². The summed E-state index contributed by atoms with van der Waals surface area (Å²) in [6.45, 7) is 8.02. The molecule has 3 aromatic rings. The summed E-state index contributed by atoms with van der Waals surface area (Å²) in [6, 6.07) is 6.66. The van der Waals surface area contributed by atoms with Crippen LogP contribution in [-0.4, -0.2) is 46.2 Å². The van der Waals surface area contributed by atoms with Gasteiger partial charge in [0.25, 0.3) is 5.88 Å². The van der Waals surface area contributed by atoms with Crippen molar-refractivity contribution in [2.75, 3.05) is 6.61 Å². The van der Waals surface area contributed by atoms with E-state index >= 15 is 0 Å². The van der Waals surface area contributed by atoms with E-state index in [0.717, 1.165) is 17.4 Å². The summed E-state index contributed by atoms with van der Waals surface area (Å²) in [5, 5.41) is 3.16. The van der Waals surface area contributed by atoms with Crippen LogP contribution in [0, 0.1) is 5.92 Å². The number of azide groups is 1. The molecule has 0 spiro atoms. The van der Waals surface area contributed by atoms with Gasteiger partial charge in [-0.1, -0.05) is 19.6 Å². The van der Waals surface area contributed by atoms with Gasteiger partial charge in [-0.05, 0) is 34.9 Å². The SMILES string of the molecule is C[Si](C)(C)CCOCn1cnc2c(Oc3ccc4c(c3)[C@H]3[C@H](CC(=O)N=[N+]=[N-])[C@H]3O4)ncnc21. The highest BCUT2D eigenvalue weighted by molar-refractivity contribution is 6.76. The number of rotatable bonds is 9. The Hall–Kier alpha value is -3.47. The molecule has 1 aliphatic carbocycles. The lowest BCUT2D eigenvalue weighted by Gasteiger charge is -2.15. The Bertz CT molecular complexity index is 1300. The number of benzene rings is 1. The zero-order valence-electron chi connectivity index (χ0n) is 19.2. The van der Waals surface area contributed by atoms with Crippen molar-refractivity contribution in [3.63, 3.8) is 0 Å². The number of aromatic nitrogens is 4. The summed E-state index contributed by atoms with van der Waals surface area (Å²) in [7, 11) is -1.15. The molecule has 11 nitrogen and oxygen atoms in total. The van der Waals surface area contributed by atoms with Gasteiger partial charge in [-0.15, -0.1) is 0 Å². The normalized spacial score (nSPS) is 20.3. The molecule has 1 fully saturated rings. The smallest absolute Gasteiger partial charge is 0.250 e. The minimum atomic E-state index is -1.15. The highest BCUT2D eigenvalue weighted by Gasteiger charge is 2.59. The molecule has 0 bridgehead atoms. The van der Waals surface area contributed by atoms with Crippen molar-refractivity contribution in [3.05, 3.63) is 46.9 Å². The van der Waals surface area contributed by atoms with Gasteiger partial charge in [-0.2, -0.15) is 4.98 Å². The van der Waals surface area contributed by atoms with Crippen molar-refractivity contribution in [3.8, 4) is 17.4 Å². The number of nitrogens with zero attached hydrogens (tertiary/aromatic N) is 7. The molecule has 3 heterocycles. The number of ether oxygens (including phenoxy) is 3. The summed E-state index contributed by atoms with van der Waals surface area (Å²) < 4.78 is 19.7. The summed E-state index contributed by atoms with van der Waals surface area (Å²) in [6.07, 6.45) is 3.24. The number of amides is 1. The van der Waals surface area contributed by atoms with Crippen LogP contribution in [-0.2, 0) is 16.3 Å². The Morgan fingerprint density at radius 3 is 2.94 bits per heavy atom. The van der Waals surface area contributed by atoms with Gasteiger partial charge < -0.3 is 14.2 Å². The Labute approximate surface area is 196 Å². The molecule has 1 saturated carbocycles. The van der Waals surface area contributed by atoms with Crippen molar-refractivity contribution in [1.82, 2.24) is 19.5 Å². The quantitative estimate of drug-likeness (QED) is 0.143. The van der Waals surface area contributed by atoms with E-state index < -0.39 is 14.0 Å². The number of hydrogen-bond acceptors (Lipinski definition) is 7. The summed E-state index contributed by atoms with van der Waals surface area (Å²) in [4.78, 5) is 27.3. The molecule has 0 unspecified atom stereocenters. The third kappa shape index (κ3) is 4.47. The van der Waals surface area contributed by atoms with E-state index in [9.17, 15) is 4.79 Å². The molecule has 1 amide bonds. The van der Waals surface area contributed by atoms with Gasteiger partial charge in [0.05, 0.1) is 6.33 Å². The number of carbonyl (C=O) groups excluding carboxylic acids is 1. The minimum Gasteiger partial charge on any atom is -0.489 e. The van der Waals surface area contributed by atoms with E-state index in [4.69, 9.17) is 19.7 Å². The fourth-order valence-electron chi connectivity index (χ4n) is 4.23. The first-order valence-corrected chi connectivity index (χ1v) is 14.8. The first-order valence-electron chi connectivity index (χ1n) is 11.1. The molecular formula is C22H25N7O4Si. The second-order valence-electron chi connectivity index (χ2n) is 9.77. The Balaban J connectivity index is 1.28. The molecule has 0 radical (unpaired) electrons. The molecule has 34 heavy (non-hydrogen) atoms. The number of imidazole rings is 1. The van der Waals surface area contributed by atoms with Crippen LogP contribution in [0.15, 0.2) is 36.0 Å². The fraction of sp³-hybridized carbons (Fsp3) is 0.455. The first-order chi connectivity index (χ1) is 16.3. The fourth-order valence-corrected chi connectivity index (χ4v) is 4.99. The van der Waals surface area contributed by atoms with E-state index in [-0.39, 0.29) is 24.4 Å². The van der Waals surface area contributed by atoms with Crippen LogP contribution < -0.4 is 9.47 Å². The van der Waals surface area contributed by atoms with Crippen LogP contribution in [0.3, 0.4) is 0 Å². The largest absolute Gasteiger partial charge is 0.489 e. The van der Waals surface area contributed by atoms with Crippen molar-refractivity contribution in [2.24, 2.45) is 11.0 Å². The topological polar surface area (TPSA) is 137 Å². The number of fused-ring (bicyclic) bond motifs is 4. The van der Waals surface area contributed by atoms with E-state index in [1.165, 1.54) is 6.33 Å². The molecule has 2 aromatic heterocycles. The zero-order valence-corrected chi connectivity index (χ0v) is 20.2. The van der Waals surface area contributed by atoms with Gasteiger partial charge in [0, 0.05) is 43.4 Å². The monoisotopic (exact) mass is 479 g/mol. The molecular weight excluding hydrogens is 454 g/mol. The van der Waals surface area contributed by atoms with Crippen molar-refractivity contribution in [1.29, 1.82) is 0 Å². The molecule has 0 saturated heterocycles. The standard InChI is InChI=1S/C22H25N7O4Si/c1-34(2,3)7-6-31-12-29-11-26-19-21(29)24-10-25-22(19)32-13-4-5-16-14(8-13)18-15(20(18)33-16)9-17(30)27-28-23/h4-5,8,10-11,15,18,20H,6-7,9,12H2,1-3H3/t15-,18-,20+/m0/s1. The molecule has 3 atom stereocenters. The number of carbonyl (C=O) groups is 1. The lowest BCUT2D eigenvalue weighted by atomic mass is 10.1. The Kier molecular flexibility index (Phi) is 5.72. The summed E-state index contributed by atoms with van der Waals surface area (Å²) in [5.41, 5.74) is 10.6. The lowest BCUT2D eigenvalue weighted by molar-refractivity contribution is -0.118. The van der Waals surface area contributed by atoms with Gasteiger partial charge in [0.1, 0.15) is 30.7 Å². The molecule has 176 valence electrons. The molecule has 1 aliphatic heterocycles. The summed E-state index contributed by atoms with van der Waals surface area (Å²) in [5.74, 6) is 1.37. The van der Waals surface area contributed by atoms with Crippen molar-refractivity contribution < 1.29 is 19.0 Å². The molecule has 5 rings (SSSR count). The van der Waals surface area contributed by atoms with E-state index in [2.05, 4.69) is 44.6 Å². The Morgan fingerprint density at radius 1 is 1.29 bits per heavy atom. The van der Waals surface area contributed by atoms with E-state index in [0.29, 0.717) is 36.1 Å². The lowest BCUT2D eigenvalue weighted by Crippen LogP contribution is -2.22. The highest BCUT2D eigenvalue weighted by Crippen LogP contribution is 2.60. The second-order valence-corrected chi connectivity index (χ2v) is 15.4. The third-order valence-electron chi connectivity index (χ3n) is 6.08. The predicted molar refractivity (Wildman–Crippen MR) is 125 cm³/mol. The third-order valence-corrected chi connectivity index (χ3v) is 7.78. The maximum absolute atomic E-state index is 11.7. The average molecular weight is 480 g/mol. The van der Waals surface area contributed by atoms with Gasteiger partial charge in [0.2, 0.25) is 5.91 Å². The van der Waals surface area contributed by atoms with Gasteiger partial charge in [-0.3, -0.25) is 9.36 Å². The van der Waals surface area contributed by atoms with Gasteiger partial charge >= 0.3 is 0 Å². The molecule has 2 aliphatic rings. The first kappa shape index (κ1) is 22.3. The van der Waals surface area contributed by atoms with Gasteiger partial charge in [-0.25, -0.2) is 9.97 Å². The Morgan fingerprint density at radius 2 is 2.15 bits per heavy atom. The second kappa shape index (κ2) is 8.71. The maximum atomic E-state index is 11.7. The van der Waals surface area contributed by atoms with Crippen LogP contribution in [0.2, 0.25) is 25.7 Å². The van der Waals surface area contributed by atoms with Crippen LogP contribution in [0.25, 0.3) is 21.6 Å². The van der Waals surface area contributed by atoms with Crippen LogP contribution >= 0.6 is 0 Å². The minimum absolute atomic E-state index is 0.0168. The van der Waals surface area contributed by atoms with Gasteiger partial charge in [0.15, 0.2) is 11.2 Å². The summed E-state index contributed by atoms with van der Waals surface area (Å²) >= 11 is 0. The average Bonchev–Trinajstić information content (AvgIpc) is 3.11. The van der Waals surface area contributed by atoms with Crippen molar-refractivity contribution >= 4 is 25.1 Å². The predicted octanol–water partition coefficient (Wildman–Crippen LogP) is 4.63. The maximum Gasteiger partial charge on any atom is 0.250 e. The van der Waals surface area contributed by atoms with Crippen LogP contribution in [0.4, 0.5) is 0 Å². The van der Waals surface area contributed by atoms with E-state index in [1.54, 1.807) is 6.33 Å². The molecule has 12 heteroatoms. The molecule has 0 N–H and O–H groups in total. The van der Waals surface area contributed by atoms with Crippen molar-refractivity contribution in [2.45, 2.75) is 50.9 Å². The highest BCUT2D eigenvalue weighted by atomic mass is 28.3.